The van der Waals surface area contributed by atoms with E-state index in [0.29, 0.717) is 23.4 Å². The summed E-state index contributed by atoms with van der Waals surface area (Å²) in [5.74, 6) is 0.231. The maximum absolute atomic E-state index is 13.8. The molecule has 0 spiro atoms. The third-order valence-corrected chi connectivity index (χ3v) is 4.90. The number of hydrogen-bond donors (Lipinski definition) is 1. The van der Waals surface area contributed by atoms with Gasteiger partial charge in [-0.05, 0) is 37.7 Å². The second kappa shape index (κ2) is 5.96. The monoisotopic (exact) mass is 302 g/mol. The first-order chi connectivity index (χ1) is 9.06. The predicted molar refractivity (Wildman–Crippen MR) is 77.8 cm³/mol. The summed E-state index contributed by atoms with van der Waals surface area (Å²) in [5.41, 5.74) is 6.70. The van der Waals surface area contributed by atoms with Crippen molar-refractivity contribution < 1.29 is 8.78 Å². The minimum Gasteiger partial charge on any atom is -0.327 e. The zero-order valence-corrected chi connectivity index (χ0v) is 12.4. The summed E-state index contributed by atoms with van der Waals surface area (Å²) in [7, 11) is 0. The van der Waals surface area contributed by atoms with Crippen LogP contribution in [-0.2, 0) is 0 Å². The Hall–Kier alpha value is -0.710. The average Bonchev–Trinajstić information content (AvgIpc) is 2.91. The van der Waals surface area contributed by atoms with Crippen molar-refractivity contribution in [1.29, 1.82) is 0 Å². The Morgan fingerprint density at radius 1 is 1.25 bits per heavy atom. The molecule has 0 bridgehead atoms. The van der Waals surface area contributed by atoms with Crippen LogP contribution in [0.25, 0.3) is 0 Å². The second-order valence-corrected chi connectivity index (χ2v) is 5.96. The molecule has 1 aromatic rings. The van der Waals surface area contributed by atoms with Crippen molar-refractivity contribution in [3.8, 4) is 0 Å². The third-order valence-electron chi connectivity index (χ3n) is 4.90. The van der Waals surface area contributed by atoms with Crippen molar-refractivity contribution in [2.24, 2.45) is 17.6 Å². The molecule has 1 heterocycles. The van der Waals surface area contributed by atoms with E-state index in [9.17, 15) is 8.78 Å². The minimum atomic E-state index is -0.520. The maximum atomic E-state index is 13.8. The van der Waals surface area contributed by atoms with Gasteiger partial charge in [-0.1, -0.05) is 6.07 Å². The molecule has 1 saturated carbocycles. The lowest BCUT2D eigenvalue weighted by Gasteiger charge is -2.26. The number of hydrogen-bond acceptors (Lipinski definition) is 2. The lowest BCUT2D eigenvalue weighted by Crippen LogP contribution is -2.31. The number of fused-ring (bicyclic) bond motifs is 1. The summed E-state index contributed by atoms with van der Waals surface area (Å²) in [6.45, 7) is 3.91. The molecule has 2 aliphatic rings. The summed E-state index contributed by atoms with van der Waals surface area (Å²) in [4.78, 5) is 2.28. The Morgan fingerprint density at radius 3 is 2.65 bits per heavy atom. The van der Waals surface area contributed by atoms with E-state index in [-0.39, 0.29) is 18.4 Å². The van der Waals surface area contributed by atoms with Crippen LogP contribution in [0.4, 0.5) is 8.78 Å². The van der Waals surface area contributed by atoms with Crippen molar-refractivity contribution in [1.82, 2.24) is 4.90 Å². The molecule has 2 nitrogen and oxygen atoms in total. The van der Waals surface area contributed by atoms with Gasteiger partial charge in [0.2, 0.25) is 0 Å². The van der Waals surface area contributed by atoms with Gasteiger partial charge >= 0.3 is 0 Å². The topological polar surface area (TPSA) is 29.3 Å². The van der Waals surface area contributed by atoms with Crippen LogP contribution in [0.5, 0.6) is 0 Å². The lowest BCUT2D eigenvalue weighted by atomic mass is 9.98. The highest BCUT2D eigenvalue weighted by Gasteiger charge is 2.42. The zero-order valence-electron chi connectivity index (χ0n) is 11.6. The molecular weight excluding hydrogens is 282 g/mol. The fourth-order valence-corrected chi connectivity index (χ4v) is 3.70. The molecule has 20 heavy (non-hydrogen) atoms. The van der Waals surface area contributed by atoms with Crippen molar-refractivity contribution in [2.75, 3.05) is 13.1 Å². The van der Waals surface area contributed by atoms with E-state index in [2.05, 4.69) is 4.90 Å². The second-order valence-electron chi connectivity index (χ2n) is 5.96. The number of rotatable bonds is 2. The van der Waals surface area contributed by atoms with E-state index in [1.165, 1.54) is 12.5 Å². The fraction of sp³-hybridized carbons (Fsp3) is 0.600. The highest BCUT2D eigenvalue weighted by molar-refractivity contribution is 5.85. The van der Waals surface area contributed by atoms with Crippen LogP contribution in [0.15, 0.2) is 18.2 Å². The van der Waals surface area contributed by atoms with Crippen molar-refractivity contribution >= 4 is 12.4 Å². The van der Waals surface area contributed by atoms with Gasteiger partial charge in [0.25, 0.3) is 0 Å². The molecule has 0 amide bonds. The van der Waals surface area contributed by atoms with E-state index >= 15 is 0 Å². The average molecular weight is 303 g/mol. The van der Waals surface area contributed by atoms with Gasteiger partial charge in [-0.3, -0.25) is 4.90 Å². The summed E-state index contributed by atoms with van der Waals surface area (Å²) in [5, 5.41) is 0. The molecule has 2 N–H and O–H groups in total. The lowest BCUT2D eigenvalue weighted by molar-refractivity contribution is 0.234. The molecule has 1 aliphatic heterocycles. The van der Waals surface area contributed by atoms with Gasteiger partial charge in [0.15, 0.2) is 0 Å². The van der Waals surface area contributed by atoms with Gasteiger partial charge in [-0.25, -0.2) is 8.78 Å². The van der Waals surface area contributed by atoms with Crippen LogP contribution >= 0.6 is 12.4 Å². The zero-order chi connectivity index (χ0) is 13.6. The van der Waals surface area contributed by atoms with E-state index in [0.717, 1.165) is 25.6 Å². The highest BCUT2D eigenvalue weighted by atomic mass is 35.5. The van der Waals surface area contributed by atoms with Crippen molar-refractivity contribution in [3.63, 3.8) is 0 Å². The van der Waals surface area contributed by atoms with Crippen LogP contribution in [0.3, 0.4) is 0 Å². The summed E-state index contributed by atoms with van der Waals surface area (Å²) >= 11 is 0. The molecule has 1 saturated heterocycles. The number of nitrogens with zero attached hydrogens (tertiary/aromatic N) is 1. The molecule has 4 unspecified atom stereocenters. The molecule has 0 aromatic heterocycles. The van der Waals surface area contributed by atoms with Gasteiger partial charge in [-0.2, -0.15) is 0 Å². The summed E-state index contributed by atoms with van der Waals surface area (Å²) in [6, 6.07) is 4.13. The fourth-order valence-electron chi connectivity index (χ4n) is 3.70. The SMILES string of the molecule is CC(c1ccc(F)cc1F)N1CC2CCC(N)C2C1.Cl. The molecule has 112 valence electrons. The van der Waals surface area contributed by atoms with Crippen LogP contribution in [0.1, 0.15) is 31.4 Å². The first kappa shape index (κ1) is 15.7. The van der Waals surface area contributed by atoms with E-state index in [1.807, 2.05) is 6.92 Å². The number of benzene rings is 1. The molecular formula is C15H21ClF2N2. The molecule has 0 radical (unpaired) electrons. The standard InChI is InChI=1S/C15H20F2N2.ClH/c1-9(12-4-3-11(16)6-14(12)17)19-7-10-2-5-15(18)13(10)8-19;/h3-4,6,9-10,13,15H,2,5,7-8,18H2,1H3;1H. The Labute approximate surface area is 124 Å². The molecule has 4 atom stereocenters. The summed E-state index contributed by atoms with van der Waals surface area (Å²) < 4.78 is 26.8. The van der Waals surface area contributed by atoms with Gasteiger partial charge in [-0.15, -0.1) is 12.4 Å². The third kappa shape index (κ3) is 2.69. The molecule has 2 fully saturated rings. The molecule has 1 aliphatic carbocycles. The Balaban J connectivity index is 0.00000147. The van der Waals surface area contributed by atoms with Crippen LogP contribution in [0, 0.1) is 23.5 Å². The van der Waals surface area contributed by atoms with Gasteiger partial charge < -0.3 is 5.73 Å². The first-order valence-electron chi connectivity index (χ1n) is 7.01. The number of nitrogens with two attached hydrogens (primary N) is 1. The Kier molecular flexibility index (Phi) is 4.67. The van der Waals surface area contributed by atoms with E-state index in [4.69, 9.17) is 5.73 Å². The van der Waals surface area contributed by atoms with Crippen molar-refractivity contribution in [3.05, 3.63) is 35.4 Å². The minimum absolute atomic E-state index is 0. The predicted octanol–water partition coefficient (Wildman–Crippen LogP) is 3.12. The van der Waals surface area contributed by atoms with Gasteiger partial charge in [0.05, 0.1) is 0 Å². The maximum Gasteiger partial charge on any atom is 0.130 e. The summed E-state index contributed by atoms with van der Waals surface area (Å²) in [6.07, 6.45) is 2.30. The first-order valence-corrected chi connectivity index (χ1v) is 7.01. The Bertz CT molecular complexity index is 483. The molecule has 1 aromatic carbocycles. The molecule has 5 heteroatoms. The quantitative estimate of drug-likeness (QED) is 0.909. The van der Waals surface area contributed by atoms with Crippen LogP contribution < -0.4 is 5.73 Å². The van der Waals surface area contributed by atoms with Crippen LogP contribution in [0.2, 0.25) is 0 Å². The Morgan fingerprint density at radius 2 is 2.00 bits per heavy atom. The largest absolute Gasteiger partial charge is 0.327 e. The van der Waals surface area contributed by atoms with E-state index in [1.54, 1.807) is 6.07 Å². The number of halogens is 3. The van der Waals surface area contributed by atoms with E-state index < -0.39 is 11.6 Å². The van der Waals surface area contributed by atoms with Gasteiger partial charge in [0.1, 0.15) is 11.6 Å². The van der Waals surface area contributed by atoms with Crippen LogP contribution in [-0.4, -0.2) is 24.0 Å². The van der Waals surface area contributed by atoms with Crippen molar-refractivity contribution in [2.45, 2.75) is 31.8 Å². The highest BCUT2D eigenvalue weighted by Crippen LogP contribution is 2.40. The van der Waals surface area contributed by atoms with Gasteiger partial charge in [0, 0.05) is 36.8 Å². The molecule has 3 rings (SSSR count). The normalized spacial score (nSPS) is 30.9. The number of likely N-dealkylation sites (tertiary alicyclic amines) is 1. The smallest absolute Gasteiger partial charge is 0.130 e.